The van der Waals surface area contributed by atoms with Crippen molar-refractivity contribution >= 4 is 11.5 Å². The van der Waals surface area contributed by atoms with Gasteiger partial charge in [-0.15, -0.1) is 0 Å². The standard InChI is InChI=1S/C17H19FO4/c1-11-8-14(18)13(12-6-4-3-5-7-12)9-15(11)22-16(10-21-2)17(19)20/h6,8-10H,3-5,7H2,1-2H3,(H,19,20)/b16-10-. The molecule has 0 aromatic heterocycles. The Morgan fingerprint density at radius 1 is 1.36 bits per heavy atom. The van der Waals surface area contributed by atoms with E-state index >= 15 is 0 Å². The van der Waals surface area contributed by atoms with E-state index in [0.29, 0.717) is 16.9 Å². The van der Waals surface area contributed by atoms with E-state index in [0.717, 1.165) is 37.5 Å². The van der Waals surface area contributed by atoms with Crippen molar-refractivity contribution in [2.24, 2.45) is 0 Å². The number of aliphatic carboxylic acids is 1. The van der Waals surface area contributed by atoms with Crippen molar-refractivity contribution in [3.8, 4) is 5.75 Å². The first-order chi connectivity index (χ1) is 10.5. The fourth-order valence-electron chi connectivity index (χ4n) is 2.44. The zero-order valence-corrected chi connectivity index (χ0v) is 12.7. The van der Waals surface area contributed by atoms with Gasteiger partial charge in [0.2, 0.25) is 5.76 Å². The van der Waals surface area contributed by atoms with Crippen molar-refractivity contribution in [3.05, 3.63) is 47.2 Å². The Hall–Kier alpha value is -2.30. The number of carboxylic acids is 1. The van der Waals surface area contributed by atoms with E-state index in [1.807, 2.05) is 6.08 Å². The molecule has 0 radical (unpaired) electrons. The molecule has 0 heterocycles. The van der Waals surface area contributed by atoms with Gasteiger partial charge < -0.3 is 14.6 Å². The number of carbonyl (C=O) groups is 1. The van der Waals surface area contributed by atoms with Gasteiger partial charge in [-0.3, -0.25) is 0 Å². The monoisotopic (exact) mass is 306 g/mol. The molecule has 0 atom stereocenters. The van der Waals surface area contributed by atoms with Crippen LogP contribution in [0.5, 0.6) is 5.75 Å². The van der Waals surface area contributed by atoms with Gasteiger partial charge in [-0.2, -0.15) is 0 Å². The zero-order chi connectivity index (χ0) is 16.1. The molecule has 4 nitrogen and oxygen atoms in total. The maximum Gasteiger partial charge on any atom is 0.375 e. The van der Waals surface area contributed by atoms with E-state index < -0.39 is 5.97 Å². The van der Waals surface area contributed by atoms with Gasteiger partial charge in [-0.1, -0.05) is 6.08 Å². The van der Waals surface area contributed by atoms with Crippen LogP contribution < -0.4 is 4.74 Å². The molecule has 1 aromatic carbocycles. The quantitative estimate of drug-likeness (QED) is 0.659. The van der Waals surface area contributed by atoms with Crippen molar-refractivity contribution < 1.29 is 23.8 Å². The smallest absolute Gasteiger partial charge is 0.375 e. The highest BCUT2D eigenvalue weighted by molar-refractivity contribution is 5.84. The fraction of sp³-hybridized carbons (Fsp3) is 0.353. The molecule has 2 rings (SSSR count). The largest absolute Gasteiger partial charge is 0.500 e. The van der Waals surface area contributed by atoms with Gasteiger partial charge in [0.05, 0.1) is 7.11 Å². The van der Waals surface area contributed by atoms with Gasteiger partial charge in [-0.05, 0) is 55.9 Å². The highest BCUT2D eigenvalue weighted by Gasteiger charge is 2.17. The van der Waals surface area contributed by atoms with Crippen LogP contribution >= 0.6 is 0 Å². The van der Waals surface area contributed by atoms with Crippen molar-refractivity contribution in [3.63, 3.8) is 0 Å². The Kier molecular flexibility index (Phi) is 5.20. The SMILES string of the molecule is CO/C=C(\Oc1cc(C2=CCCCC2)c(F)cc1C)C(=O)O. The Balaban J connectivity index is 2.38. The number of rotatable bonds is 5. The van der Waals surface area contributed by atoms with Crippen LogP contribution in [0.4, 0.5) is 4.39 Å². The molecule has 0 saturated carbocycles. The van der Waals surface area contributed by atoms with Gasteiger partial charge in [0.15, 0.2) is 0 Å². The molecule has 0 aliphatic heterocycles. The molecule has 1 aliphatic rings. The summed E-state index contributed by atoms with van der Waals surface area (Å²) >= 11 is 0. The number of aryl methyl sites for hydroxylation is 1. The Bertz CT molecular complexity index is 632. The predicted octanol–water partition coefficient (Wildman–Crippen LogP) is 4.04. The summed E-state index contributed by atoms with van der Waals surface area (Å²) in [5, 5.41) is 9.07. The van der Waals surface area contributed by atoms with Crippen LogP contribution in [0.15, 0.2) is 30.2 Å². The minimum Gasteiger partial charge on any atom is -0.500 e. The third-order valence-corrected chi connectivity index (χ3v) is 3.56. The van der Waals surface area contributed by atoms with E-state index in [1.165, 1.54) is 13.2 Å². The summed E-state index contributed by atoms with van der Waals surface area (Å²) in [6.07, 6.45) is 6.93. The molecule has 118 valence electrons. The minimum atomic E-state index is -1.25. The van der Waals surface area contributed by atoms with Gasteiger partial charge >= 0.3 is 5.97 Å². The van der Waals surface area contributed by atoms with Gasteiger partial charge in [0.25, 0.3) is 0 Å². The van der Waals surface area contributed by atoms with E-state index in [1.54, 1.807) is 13.0 Å². The number of benzene rings is 1. The highest BCUT2D eigenvalue weighted by Crippen LogP contribution is 2.33. The van der Waals surface area contributed by atoms with E-state index in [4.69, 9.17) is 14.6 Å². The first kappa shape index (κ1) is 16.1. The fourth-order valence-corrected chi connectivity index (χ4v) is 2.44. The Labute approximate surface area is 128 Å². The predicted molar refractivity (Wildman–Crippen MR) is 80.9 cm³/mol. The molecule has 1 N–H and O–H groups in total. The maximum absolute atomic E-state index is 14.2. The Morgan fingerprint density at radius 3 is 2.73 bits per heavy atom. The molecule has 0 saturated heterocycles. The number of ether oxygens (including phenoxy) is 2. The van der Waals surface area contributed by atoms with Gasteiger partial charge in [0.1, 0.15) is 17.8 Å². The normalized spacial score (nSPS) is 15.2. The average Bonchev–Trinajstić information content (AvgIpc) is 2.49. The highest BCUT2D eigenvalue weighted by atomic mass is 19.1. The molecule has 1 aromatic rings. The molecular formula is C17H19FO4. The summed E-state index contributed by atoms with van der Waals surface area (Å²) in [5.41, 5.74) is 1.95. The number of hydrogen-bond donors (Lipinski definition) is 1. The van der Waals surface area contributed by atoms with E-state index in [9.17, 15) is 9.18 Å². The molecule has 5 heteroatoms. The molecule has 0 fully saturated rings. The van der Waals surface area contributed by atoms with Crippen molar-refractivity contribution in [2.45, 2.75) is 32.6 Å². The number of allylic oxidation sites excluding steroid dienone is 2. The van der Waals surface area contributed by atoms with Crippen LogP contribution in [0.25, 0.3) is 5.57 Å². The summed E-state index contributed by atoms with van der Waals surface area (Å²) in [5.74, 6) is -1.59. The van der Waals surface area contributed by atoms with Gasteiger partial charge in [-0.25, -0.2) is 9.18 Å². The minimum absolute atomic E-state index is 0.313. The molecule has 0 bridgehead atoms. The topological polar surface area (TPSA) is 55.8 Å². The summed E-state index contributed by atoms with van der Waals surface area (Å²) in [6.45, 7) is 1.67. The van der Waals surface area contributed by atoms with Crippen LogP contribution in [0.1, 0.15) is 36.8 Å². The summed E-state index contributed by atoms with van der Waals surface area (Å²) in [7, 11) is 1.34. The summed E-state index contributed by atoms with van der Waals surface area (Å²) < 4.78 is 24.3. The second kappa shape index (κ2) is 7.11. The lowest BCUT2D eigenvalue weighted by Crippen LogP contribution is -2.09. The van der Waals surface area contributed by atoms with Crippen molar-refractivity contribution in [1.29, 1.82) is 0 Å². The van der Waals surface area contributed by atoms with Crippen molar-refractivity contribution in [2.75, 3.05) is 7.11 Å². The van der Waals surface area contributed by atoms with E-state index in [2.05, 4.69) is 0 Å². The molecule has 22 heavy (non-hydrogen) atoms. The van der Waals surface area contributed by atoms with Crippen molar-refractivity contribution in [1.82, 2.24) is 0 Å². The number of halogens is 1. The lowest BCUT2D eigenvalue weighted by Gasteiger charge is -2.16. The van der Waals surface area contributed by atoms with Crippen LogP contribution in [0.3, 0.4) is 0 Å². The lowest BCUT2D eigenvalue weighted by atomic mass is 9.92. The zero-order valence-electron chi connectivity index (χ0n) is 12.7. The van der Waals surface area contributed by atoms with Gasteiger partial charge in [0, 0.05) is 5.56 Å². The molecule has 0 spiro atoms. The number of hydrogen-bond acceptors (Lipinski definition) is 3. The maximum atomic E-state index is 14.2. The number of methoxy groups -OCH3 is 1. The molecular weight excluding hydrogens is 287 g/mol. The average molecular weight is 306 g/mol. The van der Waals surface area contributed by atoms with Crippen LogP contribution in [0, 0.1) is 12.7 Å². The first-order valence-electron chi connectivity index (χ1n) is 7.16. The number of carboxylic acid groups (broad SMARTS) is 1. The Morgan fingerprint density at radius 2 is 2.14 bits per heavy atom. The second-order valence-corrected chi connectivity index (χ2v) is 5.20. The molecule has 0 amide bonds. The second-order valence-electron chi connectivity index (χ2n) is 5.20. The summed E-state index contributed by atoms with van der Waals surface area (Å²) in [6, 6.07) is 2.93. The van der Waals surface area contributed by atoms with Crippen LogP contribution in [-0.2, 0) is 9.53 Å². The molecule has 1 aliphatic carbocycles. The third-order valence-electron chi connectivity index (χ3n) is 3.56. The third kappa shape index (κ3) is 3.67. The van der Waals surface area contributed by atoms with E-state index in [-0.39, 0.29) is 11.6 Å². The van der Waals surface area contributed by atoms with Crippen LogP contribution in [-0.4, -0.2) is 18.2 Å². The van der Waals surface area contributed by atoms with Crippen LogP contribution in [0.2, 0.25) is 0 Å². The molecule has 0 unspecified atom stereocenters. The summed E-state index contributed by atoms with van der Waals surface area (Å²) in [4.78, 5) is 11.1. The lowest BCUT2D eigenvalue weighted by molar-refractivity contribution is -0.135. The first-order valence-corrected chi connectivity index (χ1v) is 7.16.